The number of hydrogen-bond donors (Lipinski definition) is 0. The average molecular weight is 479 g/mol. The second-order valence-corrected chi connectivity index (χ2v) is 10.5. The molecule has 0 bridgehead atoms. The summed E-state index contributed by atoms with van der Waals surface area (Å²) in [6.07, 6.45) is 1.29. The number of ether oxygens (including phenoxy) is 3. The van der Waals surface area contributed by atoms with Crippen molar-refractivity contribution in [3.8, 4) is 0 Å². The third-order valence-electron chi connectivity index (χ3n) is 4.96. The largest absolute Gasteiger partial charge is 1.00 e. The van der Waals surface area contributed by atoms with Gasteiger partial charge >= 0.3 is 36.8 Å². The van der Waals surface area contributed by atoms with Gasteiger partial charge in [-0.3, -0.25) is 24.2 Å². The maximum Gasteiger partial charge on any atom is 1.00 e. The van der Waals surface area contributed by atoms with Crippen molar-refractivity contribution in [2.45, 2.75) is 65.6 Å². The van der Waals surface area contributed by atoms with Gasteiger partial charge in [0.2, 0.25) is 0 Å². The molecule has 0 aromatic carbocycles. The molecule has 2 heterocycles. The Morgan fingerprint density at radius 3 is 1.50 bits per heavy atom. The van der Waals surface area contributed by atoms with Crippen molar-refractivity contribution < 1.29 is 57.4 Å². The van der Waals surface area contributed by atoms with Crippen LogP contribution in [0.1, 0.15) is 54.4 Å². The Bertz CT molecular complexity index is 702. The number of hydrogen-bond acceptors (Lipinski definition) is 10. The Hall–Kier alpha value is -1.60. The van der Waals surface area contributed by atoms with E-state index in [9.17, 15) is 24.3 Å². The zero-order chi connectivity index (χ0) is 25.4. The van der Waals surface area contributed by atoms with Crippen LogP contribution in [0.25, 0.3) is 0 Å². The number of likely N-dealkylation sites (tertiary alicyclic amines) is 2. The summed E-state index contributed by atoms with van der Waals surface area (Å²) in [4.78, 5) is 48.7. The number of carboxylic acid groups (broad SMARTS) is 1. The molecular formula is C23H39LiN2O8. The molecule has 0 radical (unpaired) electrons. The van der Waals surface area contributed by atoms with Crippen LogP contribution in [0.5, 0.6) is 0 Å². The minimum atomic E-state index is -1.04. The summed E-state index contributed by atoms with van der Waals surface area (Å²) in [5, 5.41) is 10.6. The fraction of sp³-hybridized carbons (Fsp3) is 0.826. The molecule has 11 heteroatoms. The van der Waals surface area contributed by atoms with E-state index in [1.54, 1.807) is 25.7 Å². The van der Waals surface area contributed by atoms with Gasteiger partial charge in [-0.2, -0.15) is 0 Å². The van der Waals surface area contributed by atoms with Gasteiger partial charge < -0.3 is 24.1 Å². The zero-order valence-corrected chi connectivity index (χ0v) is 22.0. The van der Waals surface area contributed by atoms with Crippen molar-refractivity contribution in [1.82, 2.24) is 9.80 Å². The topological polar surface area (TPSA) is 126 Å². The summed E-state index contributed by atoms with van der Waals surface area (Å²) in [5.74, 6) is -2.36. The van der Waals surface area contributed by atoms with E-state index in [0.29, 0.717) is 26.1 Å². The number of esters is 3. The smallest absolute Gasteiger partial charge is 0.550 e. The van der Waals surface area contributed by atoms with E-state index in [-0.39, 0.29) is 55.8 Å². The first-order chi connectivity index (χ1) is 15.1. The van der Waals surface area contributed by atoms with E-state index in [1.165, 1.54) is 7.11 Å². The number of carbonyl (C=O) groups excluding carboxylic acids is 4. The molecule has 0 aromatic rings. The molecule has 34 heavy (non-hydrogen) atoms. The fourth-order valence-electron chi connectivity index (χ4n) is 3.62. The van der Waals surface area contributed by atoms with Gasteiger partial charge in [0.05, 0.1) is 26.1 Å². The molecule has 0 spiro atoms. The van der Waals surface area contributed by atoms with Gasteiger partial charge in [-0.15, -0.1) is 0 Å². The first-order valence-electron chi connectivity index (χ1n) is 11.3. The molecule has 0 amide bonds. The number of methoxy groups -OCH3 is 1. The van der Waals surface area contributed by atoms with Gasteiger partial charge in [0.15, 0.2) is 0 Å². The van der Waals surface area contributed by atoms with Crippen LogP contribution in [-0.4, -0.2) is 91.3 Å². The quantitative estimate of drug-likeness (QED) is 0.225. The van der Waals surface area contributed by atoms with Crippen LogP contribution in [-0.2, 0) is 33.4 Å². The summed E-state index contributed by atoms with van der Waals surface area (Å²) in [6, 6.07) is 0. The van der Waals surface area contributed by atoms with Gasteiger partial charge in [-0.25, -0.2) is 0 Å². The van der Waals surface area contributed by atoms with E-state index < -0.39 is 23.1 Å². The number of aliphatic carboxylic acids is 1. The van der Waals surface area contributed by atoms with Crippen LogP contribution in [0, 0.1) is 11.8 Å². The molecule has 2 saturated heterocycles. The van der Waals surface area contributed by atoms with E-state index in [2.05, 4.69) is 4.74 Å². The zero-order valence-electron chi connectivity index (χ0n) is 22.0. The first-order valence-corrected chi connectivity index (χ1v) is 11.3. The van der Waals surface area contributed by atoms with Crippen LogP contribution in [0.4, 0.5) is 0 Å². The second-order valence-electron chi connectivity index (χ2n) is 10.5. The average Bonchev–Trinajstić information content (AvgIpc) is 3.28. The van der Waals surface area contributed by atoms with Crippen molar-refractivity contribution in [1.29, 1.82) is 0 Å². The minimum absolute atomic E-state index is 0. The summed E-state index contributed by atoms with van der Waals surface area (Å²) < 4.78 is 15.1. The Labute approximate surface area is 214 Å². The van der Waals surface area contributed by atoms with Crippen LogP contribution < -0.4 is 24.0 Å². The Kier molecular flexibility index (Phi) is 13.4. The Morgan fingerprint density at radius 2 is 1.18 bits per heavy atom. The van der Waals surface area contributed by atoms with Gasteiger partial charge in [0.1, 0.15) is 11.2 Å². The number of carbonyl (C=O) groups is 4. The minimum Gasteiger partial charge on any atom is -0.550 e. The van der Waals surface area contributed by atoms with Crippen molar-refractivity contribution >= 4 is 23.9 Å². The van der Waals surface area contributed by atoms with Crippen molar-refractivity contribution in [3.63, 3.8) is 0 Å². The van der Waals surface area contributed by atoms with E-state index in [0.717, 1.165) is 13.0 Å². The maximum atomic E-state index is 11.6. The number of nitrogens with zero attached hydrogens (tertiary/aromatic N) is 2. The predicted molar refractivity (Wildman–Crippen MR) is 118 cm³/mol. The molecule has 0 N–H and O–H groups in total. The molecule has 0 saturated carbocycles. The van der Waals surface area contributed by atoms with E-state index in [4.69, 9.17) is 9.47 Å². The first kappa shape index (κ1) is 32.4. The standard InChI is InChI=1S/C12H21NO4.C11H19NO4.Li/c1-12(2,3)17-10(14)8-13-6-5-9(7-13)11(15)16-4;1-11(2,3)16-9(13)7-12-5-4-8(6-12)10(14)15;/h9H,5-8H2,1-4H3;8H,4-7H2,1-3H3,(H,14,15);/q;;+1/p-1/t9-;8-;/m11./s1. The van der Waals surface area contributed by atoms with Gasteiger partial charge in [0, 0.05) is 25.0 Å². The van der Waals surface area contributed by atoms with E-state index >= 15 is 0 Å². The molecule has 0 aliphatic carbocycles. The molecule has 0 aromatic heterocycles. The normalized spacial score (nSPS) is 21.0. The van der Waals surface area contributed by atoms with E-state index in [1.807, 2.05) is 25.7 Å². The maximum absolute atomic E-state index is 11.6. The third-order valence-corrected chi connectivity index (χ3v) is 4.96. The molecular weight excluding hydrogens is 439 g/mol. The van der Waals surface area contributed by atoms with Gasteiger partial charge in [-0.1, -0.05) is 0 Å². The predicted octanol–water partition coefficient (Wildman–Crippen LogP) is -2.77. The summed E-state index contributed by atoms with van der Waals surface area (Å²) >= 11 is 0. The van der Waals surface area contributed by atoms with Gasteiger partial charge in [0.25, 0.3) is 0 Å². The van der Waals surface area contributed by atoms with Crippen molar-refractivity contribution in [2.75, 3.05) is 46.4 Å². The van der Waals surface area contributed by atoms with Gasteiger partial charge in [-0.05, 0) is 67.5 Å². The molecule has 2 atom stereocenters. The fourth-order valence-corrected chi connectivity index (χ4v) is 3.62. The third kappa shape index (κ3) is 13.3. The van der Waals surface area contributed by atoms with Crippen LogP contribution >= 0.6 is 0 Å². The molecule has 10 nitrogen and oxygen atoms in total. The monoisotopic (exact) mass is 478 g/mol. The second kappa shape index (κ2) is 14.1. The summed E-state index contributed by atoms with van der Waals surface area (Å²) in [7, 11) is 1.39. The van der Waals surface area contributed by atoms with Crippen LogP contribution in [0.2, 0.25) is 0 Å². The molecule has 2 rings (SSSR count). The van der Waals surface area contributed by atoms with Crippen molar-refractivity contribution in [2.24, 2.45) is 11.8 Å². The van der Waals surface area contributed by atoms with Crippen molar-refractivity contribution in [3.05, 3.63) is 0 Å². The molecule has 2 aliphatic rings. The molecule has 0 unspecified atom stereocenters. The van der Waals surface area contributed by atoms with Crippen LogP contribution in [0.3, 0.4) is 0 Å². The molecule has 2 aliphatic heterocycles. The number of rotatable bonds is 6. The SMILES string of the molecule is CC(C)(C)OC(=O)CN1CC[C@@H](C(=O)[O-])C1.COC(=O)[C@@H]1CCN(CC(=O)OC(C)(C)C)C1.[Li+]. The summed E-state index contributed by atoms with van der Waals surface area (Å²) in [5.41, 5.74) is -0.955. The number of carboxylic acids is 1. The summed E-state index contributed by atoms with van der Waals surface area (Å²) in [6.45, 7) is 13.6. The molecule has 190 valence electrons. The van der Waals surface area contributed by atoms with Crippen LogP contribution in [0.15, 0.2) is 0 Å². The molecule has 2 fully saturated rings. The Morgan fingerprint density at radius 1 is 0.794 bits per heavy atom. The Balaban J connectivity index is 0.000000623.